The molecule has 0 bridgehead atoms. The summed E-state index contributed by atoms with van der Waals surface area (Å²) >= 11 is 0. The molecule has 2 amide bonds. The fourth-order valence-electron chi connectivity index (χ4n) is 9.21. The van der Waals surface area contributed by atoms with Crippen LogP contribution in [0.3, 0.4) is 0 Å². The Kier molecular flexibility index (Phi) is 16.3. The van der Waals surface area contributed by atoms with E-state index in [0.29, 0.717) is 42.2 Å². The SMILES string of the molecule is C=CCO[C@@]12Oc3ccc(OC(=O)NCC)cc3[C@H]3[C@H](CCCCO)[C@@H](CCCCO)C=C(C(=NOCc4ccc([N+](=O)[O-])cc4)C[C@@H]1N(CCOCCO)C(=O)C1CC1)[C@H]32. The lowest BCUT2D eigenvalue weighted by Crippen LogP contribution is -2.70. The van der Waals surface area contributed by atoms with E-state index in [1.165, 1.54) is 12.1 Å². The number of unbranched alkanes of at least 4 members (excludes halogenated alkanes) is 2. The molecule has 16 heteroatoms. The molecule has 4 N–H and O–H groups in total. The van der Waals surface area contributed by atoms with E-state index in [1.54, 1.807) is 42.2 Å². The van der Waals surface area contributed by atoms with Crippen LogP contribution in [0.15, 0.2) is 71.9 Å². The Balaban J connectivity index is 1.55. The number of allylic oxidation sites excluding steroid dienone is 1. The van der Waals surface area contributed by atoms with Crippen molar-refractivity contribution in [3.63, 3.8) is 0 Å². The highest BCUT2D eigenvalue weighted by molar-refractivity contribution is 6.03. The van der Waals surface area contributed by atoms with Gasteiger partial charge in [-0.05, 0) is 98.8 Å². The summed E-state index contributed by atoms with van der Waals surface area (Å²) in [5, 5.41) is 48.1. The number of aliphatic hydroxyl groups excluding tert-OH is 3. The van der Waals surface area contributed by atoms with Gasteiger partial charge in [0, 0.05) is 62.3 Å². The zero-order valence-electron chi connectivity index (χ0n) is 35.0. The molecule has 2 saturated carbocycles. The number of nitro groups is 1. The molecule has 0 radical (unpaired) electrons. The zero-order chi connectivity index (χ0) is 43.4. The third kappa shape index (κ3) is 10.8. The van der Waals surface area contributed by atoms with Gasteiger partial charge in [0.15, 0.2) is 0 Å². The van der Waals surface area contributed by atoms with Gasteiger partial charge < -0.3 is 49.3 Å². The minimum atomic E-state index is -1.48. The molecule has 2 aromatic carbocycles. The number of hydrogen-bond donors (Lipinski definition) is 4. The van der Waals surface area contributed by atoms with Gasteiger partial charge in [0.25, 0.3) is 5.69 Å². The lowest BCUT2D eigenvalue weighted by atomic mass is 9.55. The number of benzene rings is 2. The van der Waals surface area contributed by atoms with E-state index in [2.05, 4.69) is 18.0 Å². The summed E-state index contributed by atoms with van der Waals surface area (Å²) in [4.78, 5) is 46.0. The number of amides is 2. The average molecular weight is 849 g/mol. The number of aliphatic hydroxyl groups is 3. The van der Waals surface area contributed by atoms with Gasteiger partial charge in [-0.25, -0.2) is 4.79 Å². The van der Waals surface area contributed by atoms with Crippen molar-refractivity contribution in [1.82, 2.24) is 10.2 Å². The first kappa shape index (κ1) is 45.7. The van der Waals surface area contributed by atoms with E-state index < -0.39 is 28.8 Å². The Morgan fingerprint density at radius 1 is 1.05 bits per heavy atom. The number of nitro benzene ring substituents is 1. The highest BCUT2D eigenvalue weighted by atomic mass is 16.7. The van der Waals surface area contributed by atoms with Crippen molar-refractivity contribution in [2.75, 3.05) is 52.7 Å². The van der Waals surface area contributed by atoms with Crippen molar-refractivity contribution in [3.8, 4) is 11.5 Å². The van der Waals surface area contributed by atoms with Crippen molar-refractivity contribution in [2.24, 2.45) is 28.8 Å². The van der Waals surface area contributed by atoms with Gasteiger partial charge in [-0.2, -0.15) is 0 Å². The second kappa shape index (κ2) is 21.8. The third-order valence-electron chi connectivity index (χ3n) is 12.0. The minimum Gasteiger partial charge on any atom is -0.459 e. The van der Waals surface area contributed by atoms with Gasteiger partial charge in [-0.1, -0.05) is 30.1 Å². The number of oxime groups is 1. The van der Waals surface area contributed by atoms with E-state index >= 15 is 0 Å². The molecule has 0 spiro atoms. The first-order valence-electron chi connectivity index (χ1n) is 21.6. The van der Waals surface area contributed by atoms with E-state index in [-0.39, 0.29) is 94.5 Å². The molecule has 61 heavy (non-hydrogen) atoms. The van der Waals surface area contributed by atoms with Crippen molar-refractivity contribution in [2.45, 2.75) is 89.1 Å². The normalized spacial score (nSPS) is 24.4. The molecule has 0 unspecified atom stereocenters. The van der Waals surface area contributed by atoms with Crippen LogP contribution in [0.2, 0.25) is 0 Å². The second-order valence-electron chi connectivity index (χ2n) is 16.0. The van der Waals surface area contributed by atoms with Crippen molar-refractivity contribution in [1.29, 1.82) is 0 Å². The molecular formula is C45H60N4O12. The number of fused-ring (bicyclic) bond motifs is 2. The van der Waals surface area contributed by atoms with Gasteiger partial charge in [0.2, 0.25) is 11.7 Å². The van der Waals surface area contributed by atoms with E-state index in [4.69, 9.17) is 28.9 Å². The summed E-state index contributed by atoms with van der Waals surface area (Å²) in [7, 11) is 0. The van der Waals surface area contributed by atoms with E-state index in [1.807, 2.05) is 6.07 Å². The van der Waals surface area contributed by atoms with Gasteiger partial charge in [0.05, 0.1) is 43.0 Å². The molecule has 4 aliphatic rings. The maximum absolute atomic E-state index is 14.5. The molecule has 1 heterocycles. The molecule has 3 aliphatic carbocycles. The number of carbonyl (C=O) groups excluding carboxylic acids is 2. The van der Waals surface area contributed by atoms with Crippen LogP contribution in [-0.2, 0) is 25.7 Å². The summed E-state index contributed by atoms with van der Waals surface area (Å²) in [5.41, 5.74) is 2.86. The molecule has 2 fully saturated rings. The predicted octanol–water partition coefficient (Wildman–Crippen LogP) is 5.78. The van der Waals surface area contributed by atoms with Gasteiger partial charge >= 0.3 is 6.09 Å². The Hall–Kier alpha value is -4.87. The lowest BCUT2D eigenvalue weighted by molar-refractivity contribution is -0.384. The number of nitrogens with one attached hydrogen (secondary N) is 1. The van der Waals surface area contributed by atoms with Crippen LogP contribution in [-0.4, -0.2) is 107 Å². The molecule has 0 aromatic heterocycles. The highest BCUT2D eigenvalue weighted by Crippen LogP contribution is 2.62. The molecule has 332 valence electrons. The van der Waals surface area contributed by atoms with Crippen LogP contribution < -0.4 is 14.8 Å². The van der Waals surface area contributed by atoms with Gasteiger partial charge in [0.1, 0.15) is 24.1 Å². The Bertz CT molecular complexity index is 1880. The summed E-state index contributed by atoms with van der Waals surface area (Å²) in [6, 6.07) is 10.6. The van der Waals surface area contributed by atoms with Crippen LogP contribution in [0, 0.1) is 33.8 Å². The van der Waals surface area contributed by atoms with E-state index in [9.17, 15) is 35.0 Å². The van der Waals surface area contributed by atoms with Crippen molar-refractivity contribution in [3.05, 3.63) is 88.0 Å². The van der Waals surface area contributed by atoms with E-state index in [0.717, 1.165) is 49.7 Å². The number of rotatable bonds is 24. The van der Waals surface area contributed by atoms with Crippen LogP contribution in [0.1, 0.15) is 81.8 Å². The molecule has 2 aromatic rings. The summed E-state index contributed by atoms with van der Waals surface area (Å²) in [5.74, 6) is -1.87. The lowest BCUT2D eigenvalue weighted by Gasteiger charge is -2.60. The van der Waals surface area contributed by atoms with Crippen molar-refractivity contribution >= 4 is 23.4 Å². The molecule has 6 rings (SSSR count). The molecule has 6 atom stereocenters. The van der Waals surface area contributed by atoms with Crippen LogP contribution >= 0.6 is 0 Å². The Morgan fingerprint density at radius 3 is 2.48 bits per heavy atom. The maximum Gasteiger partial charge on any atom is 0.412 e. The van der Waals surface area contributed by atoms with Gasteiger partial charge in [-0.3, -0.25) is 14.9 Å². The monoisotopic (exact) mass is 848 g/mol. The summed E-state index contributed by atoms with van der Waals surface area (Å²) in [6.45, 7) is 6.65. The molecule has 16 nitrogen and oxygen atoms in total. The molecule has 0 saturated heterocycles. The fraction of sp³-hybridized carbons (Fsp3) is 0.578. The van der Waals surface area contributed by atoms with Gasteiger partial charge in [-0.15, -0.1) is 6.58 Å². The van der Waals surface area contributed by atoms with Crippen LogP contribution in [0.5, 0.6) is 11.5 Å². The average Bonchev–Trinajstić information content (AvgIpc) is 4.11. The highest BCUT2D eigenvalue weighted by Gasteiger charge is 2.66. The van der Waals surface area contributed by atoms with Crippen LogP contribution in [0.25, 0.3) is 0 Å². The molecular weight excluding hydrogens is 789 g/mol. The Labute approximate surface area is 356 Å². The smallest absolute Gasteiger partial charge is 0.412 e. The maximum atomic E-state index is 14.5. The largest absolute Gasteiger partial charge is 0.459 e. The predicted molar refractivity (Wildman–Crippen MR) is 225 cm³/mol. The summed E-state index contributed by atoms with van der Waals surface area (Å²) < 4.78 is 25.8. The fourth-order valence-corrected chi connectivity index (χ4v) is 9.21. The number of nitrogens with zero attached hydrogens (tertiary/aromatic N) is 3. The topological polar surface area (TPSA) is 212 Å². The number of carbonyl (C=O) groups is 2. The first-order valence-corrected chi connectivity index (χ1v) is 21.6. The number of hydrogen-bond acceptors (Lipinski definition) is 13. The Morgan fingerprint density at radius 2 is 1.80 bits per heavy atom. The zero-order valence-corrected chi connectivity index (χ0v) is 35.0. The van der Waals surface area contributed by atoms with Crippen molar-refractivity contribution < 1.29 is 53.6 Å². The number of ether oxygens (including phenoxy) is 4. The quantitative estimate of drug-likeness (QED) is 0.0429. The first-order chi connectivity index (χ1) is 29.7. The standard InChI is InChI=1S/C45H60N4O12/c1-3-23-58-45-40(48(19-24-57-25-22-52)43(53)31-13-14-31)28-38(47-59-29-30-11-15-33(16-12-30)49(55)56)36-26-32(9-5-7-20-50)35(10-6-8-21-51)41(42(36)45)37-27-34(17-18-39(37)61-45)60-44(54)46-4-2/h3,11-12,15-18,26-27,31-32,35,40-42,50-52H,1,4-10,13-14,19-25,28-29H2,2H3,(H,46,54)/t32-,35+,40-,41+,42+,45+/m0/s1. The second-order valence-corrected chi connectivity index (χ2v) is 16.0. The summed E-state index contributed by atoms with van der Waals surface area (Å²) in [6.07, 6.45) is 9.13. The third-order valence-corrected chi connectivity index (χ3v) is 12.0. The number of non-ortho nitro benzene ring substituents is 1. The van der Waals surface area contributed by atoms with Crippen LogP contribution in [0.4, 0.5) is 10.5 Å². The minimum absolute atomic E-state index is 0.0227. The molecule has 1 aliphatic heterocycles.